The van der Waals surface area contributed by atoms with Crippen LogP contribution in [-0.2, 0) is 6.42 Å². The second kappa shape index (κ2) is 4.90. The molecule has 0 amide bonds. The maximum atomic E-state index is 11.9. The first kappa shape index (κ1) is 12.1. The molecule has 1 aromatic heterocycles. The van der Waals surface area contributed by atoms with Crippen molar-refractivity contribution in [3.63, 3.8) is 0 Å². The molecule has 0 bridgehead atoms. The lowest BCUT2D eigenvalue weighted by Crippen LogP contribution is -2.21. The zero-order valence-corrected chi connectivity index (χ0v) is 10.7. The van der Waals surface area contributed by atoms with Crippen LogP contribution in [-0.4, -0.2) is 9.78 Å². The summed E-state index contributed by atoms with van der Waals surface area (Å²) in [5.41, 5.74) is 1.41. The Balaban J connectivity index is 2.61. The summed E-state index contributed by atoms with van der Waals surface area (Å²) >= 11 is 11.5. The molecular formula is C12H10Cl2N2O. The molecule has 0 aliphatic heterocycles. The van der Waals surface area contributed by atoms with E-state index >= 15 is 0 Å². The van der Waals surface area contributed by atoms with Gasteiger partial charge in [-0.2, -0.15) is 9.78 Å². The summed E-state index contributed by atoms with van der Waals surface area (Å²) in [5, 5.41) is 4.13. The van der Waals surface area contributed by atoms with Gasteiger partial charge in [-0.15, -0.1) is 0 Å². The van der Waals surface area contributed by atoms with Crippen molar-refractivity contribution in [2.75, 3.05) is 0 Å². The van der Waals surface area contributed by atoms with Crippen molar-refractivity contribution in [2.24, 2.45) is 0 Å². The first-order chi connectivity index (χ1) is 8.13. The molecule has 0 saturated heterocycles. The van der Waals surface area contributed by atoms with Crippen molar-refractivity contribution in [1.29, 1.82) is 0 Å². The summed E-state index contributed by atoms with van der Waals surface area (Å²) in [5.74, 6) is 0. The molecule has 5 heteroatoms. The lowest BCUT2D eigenvalue weighted by Gasteiger charge is -2.06. The summed E-state index contributed by atoms with van der Waals surface area (Å²) in [6, 6.07) is 7.58. The maximum Gasteiger partial charge on any atom is 0.291 e. The van der Waals surface area contributed by atoms with Gasteiger partial charge in [0, 0.05) is 0 Å². The van der Waals surface area contributed by atoms with Gasteiger partial charge in [-0.05, 0) is 24.1 Å². The monoisotopic (exact) mass is 268 g/mol. The second-order valence-corrected chi connectivity index (χ2v) is 4.33. The predicted molar refractivity (Wildman–Crippen MR) is 69.2 cm³/mol. The van der Waals surface area contributed by atoms with E-state index in [1.165, 1.54) is 10.9 Å². The summed E-state index contributed by atoms with van der Waals surface area (Å²) in [4.78, 5) is 11.9. The van der Waals surface area contributed by atoms with E-state index in [-0.39, 0.29) is 10.0 Å². The molecule has 0 radical (unpaired) electrons. The normalized spacial score (nSPS) is 10.5. The van der Waals surface area contributed by atoms with E-state index in [0.29, 0.717) is 5.69 Å². The molecule has 0 aliphatic rings. The first-order valence-corrected chi connectivity index (χ1v) is 5.91. The molecule has 0 saturated carbocycles. The molecule has 0 N–H and O–H groups in total. The molecule has 3 nitrogen and oxygen atoms in total. The first-order valence-electron chi connectivity index (χ1n) is 5.16. The predicted octanol–water partition coefficient (Wildman–Crippen LogP) is 3.10. The van der Waals surface area contributed by atoms with Crippen LogP contribution < -0.4 is 5.56 Å². The van der Waals surface area contributed by atoms with Crippen molar-refractivity contribution >= 4 is 23.2 Å². The number of aryl methyl sites for hydroxylation is 1. The van der Waals surface area contributed by atoms with Crippen LogP contribution >= 0.6 is 23.2 Å². The molecular weight excluding hydrogens is 259 g/mol. The highest BCUT2D eigenvalue weighted by molar-refractivity contribution is 6.41. The van der Waals surface area contributed by atoms with Crippen molar-refractivity contribution in [2.45, 2.75) is 13.3 Å². The van der Waals surface area contributed by atoms with E-state index in [2.05, 4.69) is 5.10 Å². The van der Waals surface area contributed by atoms with E-state index < -0.39 is 5.56 Å². The summed E-state index contributed by atoms with van der Waals surface area (Å²) in [6.07, 6.45) is 2.26. The number of halogens is 2. The van der Waals surface area contributed by atoms with E-state index in [1.54, 1.807) is 6.07 Å². The lowest BCUT2D eigenvalue weighted by molar-refractivity contribution is 0.805. The van der Waals surface area contributed by atoms with Crippen molar-refractivity contribution in [3.8, 4) is 5.69 Å². The van der Waals surface area contributed by atoms with E-state index in [1.807, 2.05) is 25.1 Å². The third kappa shape index (κ3) is 2.35. The Morgan fingerprint density at radius 3 is 2.82 bits per heavy atom. The fourth-order valence-corrected chi connectivity index (χ4v) is 1.76. The van der Waals surface area contributed by atoms with Crippen LogP contribution in [0.2, 0.25) is 10.0 Å². The quantitative estimate of drug-likeness (QED) is 0.839. The number of hydrogen-bond acceptors (Lipinski definition) is 2. The highest BCUT2D eigenvalue weighted by atomic mass is 35.5. The number of nitrogens with zero attached hydrogens (tertiary/aromatic N) is 2. The van der Waals surface area contributed by atoms with Gasteiger partial charge in [0.15, 0.2) is 0 Å². The van der Waals surface area contributed by atoms with Gasteiger partial charge >= 0.3 is 0 Å². The van der Waals surface area contributed by atoms with Gasteiger partial charge in [-0.1, -0.05) is 42.3 Å². The minimum absolute atomic E-state index is 0.0106. The van der Waals surface area contributed by atoms with Gasteiger partial charge in [-0.25, -0.2) is 0 Å². The molecule has 17 heavy (non-hydrogen) atoms. The van der Waals surface area contributed by atoms with E-state index in [0.717, 1.165) is 12.0 Å². The Labute approximate surface area is 109 Å². The molecule has 1 aromatic carbocycles. The standard InChI is InChI=1S/C12H10Cl2N2O/c1-2-8-4-3-5-9(6-8)16-12(17)11(14)10(13)7-15-16/h3-7H,2H2,1H3. The number of aromatic nitrogens is 2. The van der Waals surface area contributed by atoms with Crippen LogP contribution in [0.1, 0.15) is 12.5 Å². The fraction of sp³-hybridized carbons (Fsp3) is 0.167. The summed E-state index contributed by atoms with van der Waals surface area (Å²) < 4.78 is 1.24. The summed E-state index contributed by atoms with van der Waals surface area (Å²) in [7, 11) is 0. The molecule has 0 spiro atoms. The topological polar surface area (TPSA) is 34.9 Å². The fourth-order valence-electron chi connectivity index (χ4n) is 1.50. The van der Waals surface area contributed by atoms with Gasteiger partial charge in [0.2, 0.25) is 0 Å². The van der Waals surface area contributed by atoms with Crippen molar-refractivity contribution in [1.82, 2.24) is 9.78 Å². The molecule has 88 valence electrons. The zero-order chi connectivity index (χ0) is 12.4. The third-order valence-corrected chi connectivity index (χ3v) is 3.19. The Morgan fingerprint density at radius 1 is 1.35 bits per heavy atom. The van der Waals surface area contributed by atoms with Crippen LogP contribution in [0, 0.1) is 0 Å². The van der Waals surface area contributed by atoms with Gasteiger partial charge in [0.25, 0.3) is 5.56 Å². The van der Waals surface area contributed by atoms with Crippen LogP contribution in [0.25, 0.3) is 5.69 Å². The Morgan fingerprint density at radius 2 is 2.12 bits per heavy atom. The molecule has 0 fully saturated rings. The Kier molecular flexibility index (Phi) is 3.50. The van der Waals surface area contributed by atoms with E-state index in [4.69, 9.17) is 23.2 Å². The molecule has 2 rings (SSSR count). The largest absolute Gasteiger partial charge is 0.291 e. The van der Waals surface area contributed by atoms with Gasteiger partial charge in [-0.3, -0.25) is 4.79 Å². The maximum absolute atomic E-state index is 11.9. The van der Waals surface area contributed by atoms with Crippen LogP contribution in [0.4, 0.5) is 0 Å². The third-order valence-electron chi connectivity index (χ3n) is 2.44. The number of hydrogen-bond donors (Lipinski definition) is 0. The Hall–Kier alpha value is -1.32. The number of rotatable bonds is 2. The minimum atomic E-state index is -0.410. The van der Waals surface area contributed by atoms with Crippen molar-refractivity contribution < 1.29 is 0 Å². The molecule has 0 aliphatic carbocycles. The second-order valence-electron chi connectivity index (χ2n) is 3.55. The minimum Gasteiger partial charge on any atom is -0.266 e. The van der Waals surface area contributed by atoms with Gasteiger partial charge in [0.1, 0.15) is 5.02 Å². The smallest absolute Gasteiger partial charge is 0.266 e. The SMILES string of the molecule is CCc1cccc(-n2ncc(Cl)c(Cl)c2=O)c1. The van der Waals surface area contributed by atoms with Gasteiger partial charge in [0.05, 0.1) is 16.9 Å². The lowest BCUT2D eigenvalue weighted by atomic mass is 10.1. The van der Waals surface area contributed by atoms with Crippen molar-refractivity contribution in [3.05, 3.63) is 56.4 Å². The summed E-state index contributed by atoms with van der Waals surface area (Å²) in [6.45, 7) is 2.05. The Bertz CT molecular complexity index is 608. The van der Waals surface area contributed by atoms with Crippen LogP contribution in [0.5, 0.6) is 0 Å². The molecule has 1 heterocycles. The highest BCUT2D eigenvalue weighted by Gasteiger charge is 2.08. The molecule has 0 atom stereocenters. The van der Waals surface area contributed by atoms with Crippen LogP contribution in [0.3, 0.4) is 0 Å². The average molecular weight is 269 g/mol. The number of benzene rings is 1. The highest BCUT2D eigenvalue weighted by Crippen LogP contribution is 2.16. The van der Waals surface area contributed by atoms with Gasteiger partial charge < -0.3 is 0 Å². The average Bonchev–Trinajstić information content (AvgIpc) is 2.36. The van der Waals surface area contributed by atoms with Crippen LogP contribution in [0.15, 0.2) is 35.3 Å². The zero-order valence-electron chi connectivity index (χ0n) is 9.15. The molecule has 0 unspecified atom stereocenters. The van der Waals surface area contributed by atoms with E-state index in [9.17, 15) is 4.79 Å². The molecule has 2 aromatic rings.